The van der Waals surface area contributed by atoms with Crippen LogP contribution in [0.25, 0.3) is 0 Å². The van der Waals surface area contributed by atoms with Gasteiger partial charge in [0.15, 0.2) is 5.78 Å². The molecule has 0 saturated carbocycles. The Labute approximate surface area is 174 Å². The number of thiocyanates is 1. The fourth-order valence-corrected chi connectivity index (χ4v) is 6.74. The van der Waals surface area contributed by atoms with Gasteiger partial charge in [0.2, 0.25) is 5.91 Å². The number of halogens is 1. The Balaban J connectivity index is 2.25. The van der Waals surface area contributed by atoms with Gasteiger partial charge >= 0.3 is 0 Å². The first-order valence-corrected chi connectivity index (χ1v) is 10.3. The van der Waals surface area contributed by atoms with Crippen molar-refractivity contribution in [3.8, 4) is 5.40 Å². The number of likely N-dealkylation sites (N-methyl/N-ethyl adjacent to an activating group) is 1. The van der Waals surface area contributed by atoms with E-state index < -0.39 is 27.4 Å². The summed E-state index contributed by atoms with van der Waals surface area (Å²) in [5, 5.41) is 12.4. The highest BCUT2D eigenvalue weighted by Crippen LogP contribution is 2.68. The number of nitriles is 1. The van der Waals surface area contributed by atoms with E-state index >= 15 is 0 Å². The number of nitrogens with zero attached hydrogens (tertiary/aromatic N) is 2. The fourth-order valence-electron chi connectivity index (χ4n) is 5.29. The van der Waals surface area contributed by atoms with Gasteiger partial charge in [-0.05, 0) is 41.3 Å². The number of Topliss-reactive ketones (excluding diaryl/α,β-unsaturated/α-hetero) is 1. The number of rotatable bonds is 2. The lowest BCUT2D eigenvalue weighted by Gasteiger charge is -2.49. The van der Waals surface area contributed by atoms with E-state index in [1.165, 1.54) is 0 Å². The largest absolute Gasteiger partial charge is 0.315 e. The van der Waals surface area contributed by atoms with Crippen molar-refractivity contribution in [3.63, 3.8) is 0 Å². The zero-order chi connectivity index (χ0) is 20.6. The number of ketones is 1. The highest BCUT2D eigenvalue weighted by molar-refractivity contribution is 8.05. The monoisotopic (exact) mass is 412 g/mol. The van der Waals surface area contributed by atoms with Crippen LogP contribution in [0.15, 0.2) is 42.0 Å². The smallest absolute Gasteiger partial charge is 0.234 e. The Morgan fingerprint density at radius 3 is 2.61 bits per heavy atom. The second kappa shape index (κ2) is 5.75. The van der Waals surface area contributed by atoms with Gasteiger partial charge in [-0.1, -0.05) is 49.7 Å². The van der Waals surface area contributed by atoms with Crippen LogP contribution in [0.2, 0.25) is 0 Å². The molecule has 1 aromatic carbocycles. The normalized spacial score (nSPS) is 35.0. The fraction of sp³-hybridized carbons (Fsp3) is 0.409. The van der Waals surface area contributed by atoms with Gasteiger partial charge in [-0.25, -0.2) is 0 Å². The molecule has 1 aromatic rings. The highest BCUT2D eigenvalue weighted by Gasteiger charge is 2.67. The van der Waals surface area contributed by atoms with Crippen LogP contribution in [0, 0.1) is 27.4 Å². The first-order valence-electron chi connectivity index (χ1n) is 9.13. The Bertz CT molecular complexity index is 1020. The predicted octanol–water partition coefficient (Wildman–Crippen LogP) is 4.71. The maximum absolute atomic E-state index is 14.1. The number of carbonyl (C=O) groups excluding carboxylic acids is 2. The zero-order valence-electron chi connectivity index (χ0n) is 16.2. The van der Waals surface area contributed by atoms with E-state index in [1.807, 2.05) is 39.0 Å². The summed E-state index contributed by atoms with van der Waals surface area (Å²) in [6, 6.07) is 5.62. The molecule has 28 heavy (non-hydrogen) atoms. The quantitative estimate of drug-likeness (QED) is 0.521. The van der Waals surface area contributed by atoms with Crippen molar-refractivity contribution in [2.75, 3.05) is 11.9 Å². The second-order valence-electron chi connectivity index (χ2n) is 8.53. The van der Waals surface area contributed by atoms with Gasteiger partial charge in [0.1, 0.15) is 10.1 Å². The molecule has 1 heterocycles. The second-order valence-corrected chi connectivity index (χ2v) is 9.93. The third-order valence-electron chi connectivity index (χ3n) is 7.01. The summed E-state index contributed by atoms with van der Waals surface area (Å²) >= 11 is 7.70. The molecule has 3 aliphatic rings. The summed E-state index contributed by atoms with van der Waals surface area (Å²) in [5.41, 5.74) is 0.679. The molecular weight excluding hydrogens is 392 g/mol. The summed E-state index contributed by atoms with van der Waals surface area (Å²) in [5.74, 6) is -1.19. The number of anilines is 1. The maximum Gasteiger partial charge on any atom is 0.234 e. The number of hydrogen-bond acceptors (Lipinski definition) is 4. The molecule has 1 amide bonds. The number of hydrogen-bond donors (Lipinski definition) is 0. The molecule has 1 aliphatic heterocycles. The zero-order valence-corrected chi connectivity index (χ0v) is 17.8. The van der Waals surface area contributed by atoms with Gasteiger partial charge in [0, 0.05) is 29.1 Å². The number of carbonyl (C=O) groups is 2. The lowest BCUT2D eigenvalue weighted by atomic mass is 9.60. The van der Waals surface area contributed by atoms with Crippen molar-refractivity contribution >= 4 is 40.7 Å². The average Bonchev–Trinajstić information content (AvgIpc) is 2.90. The molecular formula is C22H21ClN2O2S. The van der Waals surface area contributed by atoms with Crippen molar-refractivity contribution in [1.82, 2.24) is 0 Å². The van der Waals surface area contributed by atoms with E-state index in [-0.39, 0.29) is 11.7 Å². The van der Waals surface area contributed by atoms with Crippen molar-refractivity contribution in [2.45, 2.75) is 31.4 Å². The molecule has 0 N–H and O–H groups in total. The number of benzene rings is 1. The van der Waals surface area contributed by atoms with Crippen molar-refractivity contribution in [2.24, 2.45) is 16.7 Å². The van der Waals surface area contributed by atoms with Gasteiger partial charge in [-0.3, -0.25) is 9.59 Å². The molecule has 0 fully saturated rings. The SMILES string of the molecule is C=C[C@]1(C)C(Cl)=C[C@H]2C(=O)[C@]1(SC#N)c1cccc3c1[C@@H](C(=O)N3C)C2(C)C. The number of fused-ring (bicyclic) bond motifs is 3. The van der Waals surface area contributed by atoms with Crippen molar-refractivity contribution < 1.29 is 9.59 Å². The summed E-state index contributed by atoms with van der Waals surface area (Å²) in [6.45, 7) is 9.71. The standard InChI is InChI=1S/C22H21ClN2O2S/c1-6-21(4)15(23)10-13-18(26)22(21,28-11-24)12-8-7-9-14-16(12)17(20(13,2)3)19(27)25(14)5/h6-10,13,17H,1H2,2-5H3/t13-,17-,21+,22+/m0/s1. The Morgan fingerprint density at radius 1 is 1.32 bits per heavy atom. The van der Waals surface area contributed by atoms with Crippen LogP contribution in [0.5, 0.6) is 0 Å². The first kappa shape index (κ1) is 19.3. The molecule has 4 rings (SSSR count). The lowest BCUT2D eigenvalue weighted by Crippen LogP contribution is -2.54. The Kier molecular flexibility index (Phi) is 3.96. The van der Waals surface area contributed by atoms with Crippen molar-refractivity contribution in [3.05, 3.63) is 53.1 Å². The number of thioether (sulfide) groups is 1. The van der Waals surface area contributed by atoms with Crippen LogP contribution >= 0.6 is 23.4 Å². The van der Waals surface area contributed by atoms with E-state index in [2.05, 4.69) is 12.0 Å². The van der Waals surface area contributed by atoms with E-state index in [1.54, 1.807) is 24.1 Å². The number of allylic oxidation sites excluding steroid dienone is 3. The molecule has 2 bridgehead atoms. The molecule has 144 valence electrons. The summed E-state index contributed by atoms with van der Waals surface area (Å²) in [7, 11) is 1.76. The van der Waals surface area contributed by atoms with E-state index in [4.69, 9.17) is 11.6 Å². The molecule has 2 aliphatic carbocycles. The van der Waals surface area contributed by atoms with Crippen molar-refractivity contribution in [1.29, 1.82) is 5.26 Å². The molecule has 0 spiro atoms. The van der Waals surface area contributed by atoms with Gasteiger partial charge in [-0.2, -0.15) is 5.26 Å². The van der Waals surface area contributed by atoms with E-state index in [9.17, 15) is 14.9 Å². The maximum atomic E-state index is 14.1. The molecule has 6 heteroatoms. The summed E-state index contributed by atoms with van der Waals surface area (Å²) in [4.78, 5) is 29.0. The minimum atomic E-state index is -1.26. The Hall–Kier alpha value is -2.03. The lowest BCUT2D eigenvalue weighted by molar-refractivity contribution is -0.131. The molecule has 0 radical (unpaired) electrons. The molecule has 0 aromatic heterocycles. The van der Waals surface area contributed by atoms with Gasteiger partial charge < -0.3 is 4.90 Å². The summed E-state index contributed by atoms with van der Waals surface area (Å²) in [6.07, 6.45) is 3.44. The minimum absolute atomic E-state index is 0.0327. The van der Waals surface area contributed by atoms with Crippen LogP contribution in [-0.2, 0) is 14.3 Å². The van der Waals surface area contributed by atoms with Crippen LogP contribution in [-0.4, -0.2) is 18.7 Å². The molecule has 0 saturated heterocycles. The topological polar surface area (TPSA) is 61.2 Å². The minimum Gasteiger partial charge on any atom is -0.315 e. The van der Waals surface area contributed by atoms with Gasteiger partial charge in [0.05, 0.1) is 5.92 Å². The highest BCUT2D eigenvalue weighted by atomic mass is 35.5. The molecule has 0 unspecified atom stereocenters. The van der Waals surface area contributed by atoms with Crippen LogP contribution < -0.4 is 4.90 Å². The van der Waals surface area contributed by atoms with Crippen LogP contribution in [0.3, 0.4) is 0 Å². The molecule has 4 nitrogen and oxygen atoms in total. The summed E-state index contributed by atoms with van der Waals surface area (Å²) < 4.78 is -1.26. The molecule has 4 atom stereocenters. The van der Waals surface area contributed by atoms with Crippen LogP contribution in [0.1, 0.15) is 37.8 Å². The third kappa shape index (κ3) is 1.88. The van der Waals surface area contributed by atoms with E-state index in [0.29, 0.717) is 10.6 Å². The third-order valence-corrected chi connectivity index (χ3v) is 8.77. The van der Waals surface area contributed by atoms with Gasteiger partial charge in [-0.15, -0.1) is 6.58 Å². The average molecular weight is 413 g/mol. The number of amides is 1. The van der Waals surface area contributed by atoms with Gasteiger partial charge in [0.25, 0.3) is 0 Å². The Morgan fingerprint density at radius 2 is 2.00 bits per heavy atom. The van der Waals surface area contributed by atoms with E-state index in [0.717, 1.165) is 23.0 Å². The van der Waals surface area contributed by atoms with Crippen LogP contribution in [0.4, 0.5) is 5.69 Å². The first-order chi connectivity index (χ1) is 13.1. The predicted molar refractivity (Wildman–Crippen MR) is 112 cm³/mol.